The maximum atomic E-state index is 11.9. The molecule has 1 aromatic rings. The lowest BCUT2D eigenvalue weighted by Crippen LogP contribution is -2.49. The van der Waals surface area contributed by atoms with E-state index in [0.29, 0.717) is 19.0 Å². The first-order valence-electron chi connectivity index (χ1n) is 4.97. The maximum absolute atomic E-state index is 11.9. The number of aromatic nitrogens is 4. The van der Waals surface area contributed by atoms with Crippen LogP contribution in [-0.4, -0.2) is 45.8 Å². The SMILES string of the molecule is CC1(C(=O)NCc2nn[nH]n2)COCC1N. The first-order valence-corrected chi connectivity index (χ1v) is 4.97. The molecule has 1 amide bonds. The lowest BCUT2D eigenvalue weighted by Gasteiger charge is -2.24. The van der Waals surface area contributed by atoms with Crippen LogP contribution in [0.1, 0.15) is 12.7 Å². The summed E-state index contributed by atoms with van der Waals surface area (Å²) in [6, 6.07) is -0.280. The second-order valence-electron chi connectivity index (χ2n) is 4.05. The molecule has 0 saturated carbocycles. The Balaban J connectivity index is 1.93. The third-order valence-electron chi connectivity index (χ3n) is 2.83. The number of amides is 1. The zero-order valence-corrected chi connectivity index (χ0v) is 8.93. The molecule has 2 heterocycles. The van der Waals surface area contributed by atoms with Crippen molar-refractivity contribution in [3.63, 3.8) is 0 Å². The Hall–Kier alpha value is -1.54. The number of tetrazole rings is 1. The van der Waals surface area contributed by atoms with Crippen LogP contribution in [0, 0.1) is 5.41 Å². The summed E-state index contributed by atoms with van der Waals surface area (Å²) in [5.74, 6) is 0.284. The molecule has 16 heavy (non-hydrogen) atoms. The average molecular weight is 226 g/mol. The molecule has 1 aliphatic heterocycles. The number of hydrogen-bond acceptors (Lipinski definition) is 6. The van der Waals surface area contributed by atoms with Crippen LogP contribution in [0.15, 0.2) is 0 Å². The molecule has 2 rings (SSSR count). The summed E-state index contributed by atoms with van der Waals surface area (Å²) in [4.78, 5) is 11.9. The van der Waals surface area contributed by atoms with Gasteiger partial charge in [0.05, 0.1) is 25.2 Å². The number of aromatic amines is 1. The normalized spacial score (nSPS) is 29.2. The van der Waals surface area contributed by atoms with Crippen LogP contribution in [0.25, 0.3) is 0 Å². The second-order valence-corrected chi connectivity index (χ2v) is 4.05. The molecule has 0 aromatic carbocycles. The van der Waals surface area contributed by atoms with E-state index in [1.807, 2.05) is 0 Å². The zero-order chi connectivity index (χ0) is 11.6. The van der Waals surface area contributed by atoms with E-state index in [-0.39, 0.29) is 18.5 Å². The molecule has 1 saturated heterocycles. The first kappa shape index (κ1) is 11.0. The van der Waals surface area contributed by atoms with Gasteiger partial charge < -0.3 is 15.8 Å². The standard InChI is InChI=1S/C8H14N6O2/c1-8(4-16-3-5(8)9)7(15)10-2-6-11-13-14-12-6/h5H,2-4,9H2,1H3,(H,10,15)(H,11,12,13,14). The van der Waals surface area contributed by atoms with Crippen molar-refractivity contribution < 1.29 is 9.53 Å². The summed E-state index contributed by atoms with van der Waals surface area (Å²) < 4.78 is 5.19. The summed E-state index contributed by atoms with van der Waals surface area (Å²) in [7, 11) is 0. The smallest absolute Gasteiger partial charge is 0.230 e. The van der Waals surface area contributed by atoms with E-state index in [9.17, 15) is 4.79 Å². The Labute approximate surface area is 91.9 Å². The minimum atomic E-state index is -0.677. The van der Waals surface area contributed by atoms with Crippen LogP contribution >= 0.6 is 0 Å². The molecule has 0 spiro atoms. The number of carbonyl (C=O) groups excluding carboxylic acids is 1. The third kappa shape index (κ3) is 1.89. The van der Waals surface area contributed by atoms with Crippen LogP contribution in [0.5, 0.6) is 0 Å². The van der Waals surface area contributed by atoms with E-state index in [0.717, 1.165) is 0 Å². The molecule has 2 atom stereocenters. The molecule has 88 valence electrons. The Morgan fingerprint density at radius 3 is 3.19 bits per heavy atom. The fourth-order valence-corrected chi connectivity index (χ4v) is 1.54. The van der Waals surface area contributed by atoms with Crippen LogP contribution in [-0.2, 0) is 16.1 Å². The van der Waals surface area contributed by atoms with Gasteiger partial charge in [0.25, 0.3) is 0 Å². The number of nitrogens with two attached hydrogens (primary N) is 1. The van der Waals surface area contributed by atoms with Gasteiger partial charge in [-0.2, -0.15) is 5.21 Å². The van der Waals surface area contributed by atoms with Gasteiger partial charge in [-0.3, -0.25) is 4.79 Å². The minimum Gasteiger partial charge on any atom is -0.379 e. The molecule has 0 radical (unpaired) electrons. The highest BCUT2D eigenvalue weighted by molar-refractivity contribution is 5.83. The van der Waals surface area contributed by atoms with Crippen molar-refractivity contribution in [3.8, 4) is 0 Å². The predicted molar refractivity (Wildman–Crippen MR) is 52.9 cm³/mol. The van der Waals surface area contributed by atoms with Crippen molar-refractivity contribution in [1.29, 1.82) is 0 Å². The lowest BCUT2D eigenvalue weighted by atomic mass is 9.85. The molecule has 0 aliphatic carbocycles. The van der Waals surface area contributed by atoms with Gasteiger partial charge in [0.2, 0.25) is 5.91 Å². The fourth-order valence-electron chi connectivity index (χ4n) is 1.54. The Morgan fingerprint density at radius 1 is 1.81 bits per heavy atom. The number of H-pyrrole nitrogens is 1. The minimum absolute atomic E-state index is 0.151. The molecular formula is C8H14N6O2. The summed E-state index contributed by atoms with van der Waals surface area (Å²) in [5, 5.41) is 15.9. The molecular weight excluding hydrogens is 212 g/mol. The number of ether oxygens (including phenoxy) is 1. The molecule has 2 unspecified atom stereocenters. The highest BCUT2D eigenvalue weighted by Gasteiger charge is 2.44. The van der Waals surface area contributed by atoms with Crippen molar-refractivity contribution in [2.45, 2.75) is 19.5 Å². The predicted octanol–water partition coefficient (Wildman–Crippen LogP) is -1.82. The topological polar surface area (TPSA) is 119 Å². The van der Waals surface area contributed by atoms with Crippen LogP contribution in [0.3, 0.4) is 0 Å². The van der Waals surface area contributed by atoms with Gasteiger partial charge in [0.15, 0.2) is 5.82 Å². The van der Waals surface area contributed by atoms with E-state index >= 15 is 0 Å². The van der Waals surface area contributed by atoms with E-state index in [4.69, 9.17) is 10.5 Å². The quantitative estimate of drug-likeness (QED) is 0.558. The highest BCUT2D eigenvalue weighted by atomic mass is 16.5. The number of nitrogens with one attached hydrogen (secondary N) is 2. The molecule has 8 nitrogen and oxygen atoms in total. The van der Waals surface area contributed by atoms with Crippen molar-refractivity contribution in [1.82, 2.24) is 25.9 Å². The zero-order valence-electron chi connectivity index (χ0n) is 8.93. The summed E-state index contributed by atoms with van der Waals surface area (Å²) in [5.41, 5.74) is 5.15. The molecule has 1 aliphatic rings. The summed E-state index contributed by atoms with van der Waals surface area (Å²) in [6.45, 7) is 2.77. The van der Waals surface area contributed by atoms with Gasteiger partial charge in [-0.25, -0.2) is 0 Å². The average Bonchev–Trinajstić information content (AvgIpc) is 2.87. The molecule has 4 N–H and O–H groups in total. The Kier molecular flexibility index (Phi) is 2.84. The van der Waals surface area contributed by atoms with E-state index in [2.05, 4.69) is 25.9 Å². The van der Waals surface area contributed by atoms with Crippen LogP contribution in [0.2, 0.25) is 0 Å². The van der Waals surface area contributed by atoms with Gasteiger partial charge in [0.1, 0.15) is 0 Å². The Morgan fingerprint density at radius 2 is 2.62 bits per heavy atom. The maximum Gasteiger partial charge on any atom is 0.230 e. The van der Waals surface area contributed by atoms with Crippen molar-refractivity contribution >= 4 is 5.91 Å². The van der Waals surface area contributed by atoms with E-state index in [1.54, 1.807) is 6.92 Å². The van der Waals surface area contributed by atoms with Gasteiger partial charge >= 0.3 is 0 Å². The van der Waals surface area contributed by atoms with Crippen molar-refractivity contribution in [3.05, 3.63) is 5.82 Å². The van der Waals surface area contributed by atoms with Crippen LogP contribution < -0.4 is 11.1 Å². The lowest BCUT2D eigenvalue weighted by molar-refractivity contribution is -0.130. The molecule has 8 heteroatoms. The number of carbonyl (C=O) groups is 1. The first-order chi connectivity index (χ1) is 7.63. The highest BCUT2D eigenvalue weighted by Crippen LogP contribution is 2.27. The molecule has 1 aromatic heterocycles. The number of hydrogen-bond donors (Lipinski definition) is 3. The van der Waals surface area contributed by atoms with Gasteiger partial charge in [-0.05, 0) is 6.92 Å². The summed E-state index contributed by atoms with van der Waals surface area (Å²) in [6.07, 6.45) is 0. The van der Waals surface area contributed by atoms with Crippen LogP contribution in [0.4, 0.5) is 0 Å². The van der Waals surface area contributed by atoms with Crippen molar-refractivity contribution in [2.24, 2.45) is 11.1 Å². The monoisotopic (exact) mass is 226 g/mol. The van der Waals surface area contributed by atoms with Gasteiger partial charge in [0, 0.05) is 6.04 Å². The number of nitrogens with zero attached hydrogens (tertiary/aromatic N) is 3. The summed E-state index contributed by atoms with van der Waals surface area (Å²) >= 11 is 0. The van der Waals surface area contributed by atoms with Gasteiger partial charge in [-0.1, -0.05) is 5.21 Å². The van der Waals surface area contributed by atoms with Gasteiger partial charge in [-0.15, -0.1) is 10.2 Å². The number of rotatable bonds is 3. The largest absolute Gasteiger partial charge is 0.379 e. The fraction of sp³-hybridized carbons (Fsp3) is 0.750. The second kappa shape index (κ2) is 4.14. The Bertz CT molecular complexity index is 367. The van der Waals surface area contributed by atoms with E-state index in [1.165, 1.54) is 0 Å². The molecule has 0 bridgehead atoms. The van der Waals surface area contributed by atoms with Crippen molar-refractivity contribution in [2.75, 3.05) is 13.2 Å². The van der Waals surface area contributed by atoms with E-state index < -0.39 is 5.41 Å². The third-order valence-corrected chi connectivity index (χ3v) is 2.83. The molecule has 1 fully saturated rings.